The largest absolute Gasteiger partial charge is 0.497 e. The van der Waals surface area contributed by atoms with Gasteiger partial charge in [-0.3, -0.25) is 0 Å². The van der Waals surface area contributed by atoms with E-state index in [0.717, 1.165) is 36.5 Å². The van der Waals surface area contributed by atoms with E-state index in [1.807, 2.05) is 12.1 Å². The minimum atomic E-state index is -0.107. The van der Waals surface area contributed by atoms with Crippen molar-refractivity contribution in [1.29, 1.82) is 0 Å². The lowest BCUT2D eigenvalue weighted by atomic mass is 9.57. The third-order valence-corrected chi connectivity index (χ3v) is 5.77. The molecule has 22 heavy (non-hydrogen) atoms. The number of aliphatic hydroxyl groups excluding tert-OH is 1. The minimum Gasteiger partial charge on any atom is -0.497 e. The van der Waals surface area contributed by atoms with E-state index in [0.29, 0.717) is 6.04 Å². The number of ether oxygens (including phenoxy) is 2. The van der Waals surface area contributed by atoms with Gasteiger partial charge >= 0.3 is 0 Å². The topological polar surface area (TPSA) is 50.7 Å². The van der Waals surface area contributed by atoms with Crippen LogP contribution in [0.2, 0.25) is 0 Å². The maximum atomic E-state index is 9.70. The molecule has 1 spiro atoms. The third kappa shape index (κ3) is 1.27. The summed E-state index contributed by atoms with van der Waals surface area (Å²) in [6.07, 6.45) is 6.18. The third-order valence-electron chi connectivity index (χ3n) is 5.77. The highest BCUT2D eigenvalue weighted by Gasteiger charge is 2.60. The van der Waals surface area contributed by atoms with Gasteiger partial charge in [0.2, 0.25) is 0 Å². The van der Waals surface area contributed by atoms with Gasteiger partial charge in [0, 0.05) is 17.2 Å². The Morgan fingerprint density at radius 2 is 2.32 bits per heavy atom. The van der Waals surface area contributed by atoms with Crippen molar-refractivity contribution >= 4 is 0 Å². The lowest BCUT2D eigenvalue weighted by Gasteiger charge is -2.49. The van der Waals surface area contributed by atoms with E-state index in [1.165, 1.54) is 16.7 Å². The zero-order valence-corrected chi connectivity index (χ0v) is 12.6. The molecule has 1 saturated heterocycles. The molecule has 4 heteroatoms. The van der Waals surface area contributed by atoms with Crippen LogP contribution in [0.3, 0.4) is 0 Å². The fourth-order valence-electron chi connectivity index (χ4n) is 4.90. The molecule has 2 N–H and O–H groups in total. The van der Waals surface area contributed by atoms with Gasteiger partial charge in [0.15, 0.2) is 6.10 Å². The average Bonchev–Trinajstić information content (AvgIpc) is 2.88. The molecular formula is C18H19NO3. The fourth-order valence-corrected chi connectivity index (χ4v) is 4.90. The van der Waals surface area contributed by atoms with Gasteiger partial charge in [-0.05, 0) is 36.6 Å². The van der Waals surface area contributed by atoms with Crippen LogP contribution in [-0.2, 0) is 23.2 Å². The Labute approximate surface area is 129 Å². The van der Waals surface area contributed by atoms with Gasteiger partial charge in [0.25, 0.3) is 0 Å². The van der Waals surface area contributed by atoms with Crippen molar-refractivity contribution in [1.82, 2.24) is 5.32 Å². The van der Waals surface area contributed by atoms with Gasteiger partial charge in [-0.25, -0.2) is 0 Å². The normalized spacial score (nSPS) is 33.5. The first-order chi connectivity index (χ1) is 10.8. The molecule has 2 aliphatic heterocycles. The highest BCUT2D eigenvalue weighted by Crippen LogP contribution is 2.60. The molecule has 1 fully saturated rings. The van der Waals surface area contributed by atoms with Gasteiger partial charge < -0.3 is 19.9 Å². The smallest absolute Gasteiger partial charge is 0.169 e. The molecule has 2 aliphatic carbocycles. The average molecular weight is 297 g/mol. The second kappa shape index (κ2) is 4.15. The summed E-state index contributed by atoms with van der Waals surface area (Å²) in [6.45, 7) is 0.999. The Morgan fingerprint density at radius 3 is 3.14 bits per heavy atom. The number of hydrogen-bond acceptors (Lipinski definition) is 4. The second-order valence-corrected chi connectivity index (χ2v) is 6.57. The van der Waals surface area contributed by atoms with Crippen LogP contribution in [0.15, 0.2) is 35.6 Å². The van der Waals surface area contributed by atoms with Crippen molar-refractivity contribution in [2.75, 3.05) is 13.7 Å². The Bertz CT molecular complexity index is 736. The van der Waals surface area contributed by atoms with Crippen LogP contribution in [0.4, 0.5) is 0 Å². The zero-order chi connectivity index (χ0) is 14.9. The van der Waals surface area contributed by atoms with Crippen LogP contribution in [0, 0.1) is 0 Å². The van der Waals surface area contributed by atoms with Crippen molar-refractivity contribution in [2.24, 2.45) is 0 Å². The summed E-state index contributed by atoms with van der Waals surface area (Å²) in [5.74, 6) is 1.78. The number of nitrogens with one attached hydrogen (secondary N) is 1. The number of benzene rings is 1. The standard InChI is InChI=1S/C18H19NO3/c1-21-14-5-4-12-13-8-10-2-3-11(9-20)16-15(10)18(12,6-7-19-13)17(14)22-16/h2-5,13,17,19-20H,6-9H2,1H3/t13-,17+,18+/m1/s1. The predicted molar refractivity (Wildman–Crippen MR) is 81.7 cm³/mol. The van der Waals surface area contributed by atoms with Crippen molar-refractivity contribution in [3.8, 4) is 5.75 Å². The first-order valence-corrected chi connectivity index (χ1v) is 7.92. The van der Waals surface area contributed by atoms with Crippen molar-refractivity contribution in [3.63, 3.8) is 0 Å². The monoisotopic (exact) mass is 297 g/mol. The Morgan fingerprint density at radius 1 is 1.41 bits per heavy atom. The number of methoxy groups -OCH3 is 1. The summed E-state index contributed by atoms with van der Waals surface area (Å²) < 4.78 is 12.0. The second-order valence-electron chi connectivity index (χ2n) is 6.57. The fraction of sp³-hybridized carbons (Fsp3) is 0.444. The Balaban J connectivity index is 1.85. The zero-order valence-electron chi connectivity index (χ0n) is 12.6. The summed E-state index contributed by atoms with van der Waals surface area (Å²) >= 11 is 0. The number of rotatable bonds is 2. The van der Waals surface area contributed by atoms with Gasteiger partial charge in [0.05, 0.1) is 19.1 Å². The molecule has 0 amide bonds. The lowest BCUT2D eigenvalue weighted by Crippen LogP contribution is -2.58. The molecule has 114 valence electrons. The molecule has 0 radical (unpaired) electrons. The first-order valence-electron chi connectivity index (χ1n) is 7.92. The van der Waals surface area contributed by atoms with E-state index < -0.39 is 0 Å². The van der Waals surface area contributed by atoms with E-state index in [-0.39, 0.29) is 18.1 Å². The van der Waals surface area contributed by atoms with Gasteiger partial charge in [-0.2, -0.15) is 0 Å². The number of hydrogen-bond donors (Lipinski definition) is 2. The van der Waals surface area contributed by atoms with Crippen LogP contribution < -0.4 is 10.1 Å². The molecule has 1 aromatic carbocycles. The van der Waals surface area contributed by atoms with E-state index >= 15 is 0 Å². The maximum absolute atomic E-state index is 9.70. The van der Waals surface area contributed by atoms with E-state index in [9.17, 15) is 5.11 Å². The van der Waals surface area contributed by atoms with E-state index in [4.69, 9.17) is 9.47 Å². The van der Waals surface area contributed by atoms with Crippen LogP contribution in [0.5, 0.6) is 5.75 Å². The summed E-state index contributed by atoms with van der Waals surface area (Å²) in [7, 11) is 1.71. The minimum absolute atomic E-state index is 0.0121. The van der Waals surface area contributed by atoms with Gasteiger partial charge in [-0.1, -0.05) is 18.2 Å². The van der Waals surface area contributed by atoms with E-state index in [2.05, 4.69) is 17.5 Å². The number of allylic oxidation sites excluding steroid dienone is 2. The van der Waals surface area contributed by atoms with E-state index in [1.54, 1.807) is 7.11 Å². The maximum Gasteiger partial charge on any atom is 0.169 e. The van der Waals surface area contributed by atoms with Crippen molar-refractivity contribution in [2.45, 2.75) is 37.0 Å². The van der Waals surface area contributed by atoms with Crippen molar-refractivity contribution < 1.29 is 14.6 Å². The van der Waals surface area contributed by atoms with Gasteiger partial charge in [0.1, 0.15) is 11.5 Å². The highest BCUT2D eigenvalue weighted by molar-refractivity contribution is 5.65. The number of piperidine rings is 1. The lowest BCUT2D eigenvalue weighted by molar-refractivity contribution is 0.1000. The number of aliphatic hydroxyl groups is 1. The molecule has 3 atom stereocenters. The SMILES string of the molecule is COC1=CC=C2[C@H]3Cc4ccc(CO)c5c4[C@@]2(CCN3)[C@H]1O5. The summed E-state index contributed by atoms with van der Waals surface area (Å²) in [4.78, 5) is 0. The molecule has 4 aliphatic rings. The summed E-state index contributed by atoms with van der Waals surface area (Å²) in [6, 6.07) is 4.55. The molecule has 2 heterocycles. The molecule has 5 rings (SSSR count). The highest BCUT2D eigenvalue weighted by atomic mass is 16.5. The van der Waals surface area contributed by atoms with Crippen LogP contribution in [0.25, 0.3) is 0 Å². The summed E-state index contributed by atoms with van der Waals surface area (Å²) in [5.41, 5.74) is 4.85. The quantitative estimate of drug-likeness (QED) is 0.870. The molecule has 2 bridgehead atoms. The van der Waals surface area contributed by atoms with Crippen LogP contribution >= 0.6 is 0 Å². The van der Waals surface area contributed by atoms with Crippen molar-refractivity contribution in [3.05, 3.63) is 52.3 Å². The molecule has 4 nitrogen and oxygen atoms in total. The Hall–Kier alpha value is -1.78. The van der Waals surface area contributed by atoms with Crippen LogP contribution in [0.1, 0.15) is 23.1 Å². The summed E-state index contributed by atoms with van der Waals surface area (Å²) in [5, 5.41) is 13.4. The molecular weight excluding hydrogens is 278 g/mol. The molecule has 0 saturated carbocycles. The molecule has 0 unspecified atom stereocenters. The molecule has 1 aromatic rings. The Kier molecular flexibility index (Phi) is 2.40. The van der Waals surface area contributed by atoms with Gasteiger partial charge in [-0.15, -0.1) is 0 Å². The molecule has 0 aromatic heterocycles. The predicted octanol–water partition coefficient (Wildman–Crippen LogP) is 1.57. The first kappa shape index (κ1) is 12.7. The van der Waals surface area contributed by atoms with Crippen LogP contribution in [-0.4, -0.2) is 30.9 Å².